The molecule has 0 heterocycles. The highest BCUT2D eigenvalue weighted by Crippen LogP contribution is 2.61. The highest BCUT2D eigenvalue weighted by atomic mass is 32.2. The van der Waals surface area contributed by atoms with Crippen molar-refractivity contribution in [1.29, 1.82) is 5.26 Å². The summed E-state index contributed by atoms with van der Waals surface area (Å²) >= 11 is -1.15. The Morgan fingerprint density at radius 2 is 1.67 bits per heavy atom. The Kier molecular flexibility index (Phi) is 4.05. The van der Waals surface area contributed by atoms with Gasteiger partial charge in [-0.1, -0.05) is 0 Å². The van der Waals surface area contributed by atoms with Crippen LogP contribution in [-0.4, -0.2) is 15.3 Å². The molecule has 0 aromatic rings. The minimum atomic E-state index is -1.15. The first-order valence-electron chi connectivity index (χ1n) is 8.37. The zero-order valence-electron chi connectivity index (χ0n) is 13.5. The second-order valence-corrected chi connectivity index (χ2v) is 10.8. The minimum Gasteiger partial charge on any atom is -0.598 e. The molecule has 2 unspecified atom stereocenters. The van der Waals surface area contributed by atoms with Crippen LogP contribution in [0.5, 0.6) is 0 Å². The molecule has 3 nitrogen and oxygen atoms in total. The molecule has 2 atom stereocenters. The summed E-state index contributed by atoms with van der Waals surface area (Å²) in [4.78, 5) is 0. The SMILES string of the molecule is CC(C)(C)[S+]([O-])NC(C#N)CC12CC3CC(CC(C3)C1)C2. The van der Waals surface area contributed by atoms with Crippen molar-refractivity contribution < 1.29 is 4.55 Å². The van der Waals surface area contributed by atoms with E-state index in [0.29, 0.717) is 5.41 Å². The molecule has 0 amide bonds. The summed E-state index contributed by atoms with van der Waals surface area (Å²) < 4.78 is 15.1. The highest BCUT2D eigenvalue weighted by Gasteiger charge is 2.51. The predicted octanol–water partition coefficient (Wildman–Crippen LogP) is 3.54. The second kappa shape index (κ2) is 5.44. The van der Waals surface area contributed by atoms with Gasteiger partial charge in [0.05, 0.1) is 6.07 Å². The van der Waals surface area contributed by atoms with Crippen LogP contribution >= 0.6 is 0 Å². The van der Waals surface area contributed by atoms with Gasteiger partial charge in [-0.05, 0) is 88.9 Å². The summed E-state index contributed by atoms with van der Waals surface area (Å²) in [5, 5.41) is 9.50. The average molecular weight is 308 g/mol. The van der Waals surface area contributed by atoms with Gasteiger partial charge in [-0.25, -0.2) is 0 Å². The fraction of sp³-hybridized carbons (Fsp3) is 0.941. The van der Waals surface area contributed by atoms with Gasteiger partial charge in [0, 0.05) is 11.4 Å². The third-order valence-corrected chi connectivity index (χ3v) is 7.37. The molecule has 0 saturated heterocycles. The maximum Gasteiger partial charge on any atom is 0.139 e. The number of nitrogens with one attached hydrogen (secondary N) is 1. The van der Waals surface area contributed by atoms with Gasteiger partial charge in [0.25, 0.3) is 0 Å². The van der Waals surface area contributed by atoms with E-state index < -0.39 is 11.4 Å². The van der Waals surface area contributed by atoms with Crippen LogP contribution in [0, 0.1) is 34.5 Å². The van der Waals surface area contributed by atoms with Crippen molar-refractivity contribution in [2.45, 2.75) is 76.5 Å². The molecule has 0 spiro atoms. The molecule has 1 N–H and O–H groups in total. The first-order chi connectivity index (χ1) is 9.79. The third kappa shape index (κ3) is 3.25. The zero-order chi connectivity index (χ0) is 15.3. The molecule has 4 rings (SSSR count). The Morgan fingerprint density at radius 3 is 2.05 bits per heavy atom. The van der Waals surface area contributed by atoms with Crippen molar-refractivity contribution >= 4 is 11.4 Å². The Bertz CT molecular complexity index is 402. The molecule has 4 aliphatic rings. The fourth-order valence-electron chi connectivity index (χ4n) is 5.39. The van der Waals surface area contributed by atoms with Gasteiger partial charge in [-0.15, -0.1) is 4.72 Å². The van der Waals surface area contributed by atoms with Gasteiger partial charge >= 0.3 is 0 Å². The average Bonchev–Trinajstić information content (AvgIpc) is 2.34. The van der Waals surface area contributed by atoms with Crippen molar-refractivity contribution in [2.24, 2.45) is 23.2 Å². The summed E-state index contributed by atoms with van der Waals surface area (Å²) in [6.45, 7) is 5.86. The molecule has 0 aromatic heterocycles. The van der Waals surface area contributed by atoms with E-state index in [9.17, 15) is 9.81 Å². The molecular weight excluding hydrogens is 280 g/mol. The maximum atomic E-state index is 12.3. The number of hydrogen-bond acceptors (Lipinski definition) is 3. The predicted molar refractivity (Wildman–Crippen MR) is 85.7 cm³/mol. The van der Waals surface area contributed by atoms with Crippen molar-refractivity contribution in [3.05, 3.63) is 0 Å². The number of nitrogens with zero attached hydrogens (tertiary/aromatic N) is 1. The lowest BCUT2D eigenvalue weighted by Crippen LogP contribution is -2.51. The minimum absolute atomic E-state index is 0.263. The van der Waals surface area contributed by atoms with Crippen LogP contribution in [0.3, 0.4) is 0 Å². The lowest BCUT2D eigenvalue weighted by molar-refractivity contribution is -0.0588. The monoisotopic (exact) mass is 308 g/mol. The summed E-state index contributed by atoms with van der Waals surface area (Å²) in [6.07, 6.45) is 9.10. The van der Waals surface area contributed by atoms with Crippen LogP contribution in [0.1, 0.15) is 65.7 Å². The molecule has 0 radical (unpaired) electrons. The van der Waals surface area contributed by atoms with E-state index in [4.69, 9.17) is 0 Å². The van der Waals surface area contributed by atoms with Crippen LogP contribution < -0.4 is 4.72 Å². The number of rotatable bonds is 4. The molecule has 0 aliphatic heterocycles. The lowest BCUT2D eigenvalue weighted by Gasteiger charge is -2.57. The molecule has 4 heteroatoms. The van der Waals surface area contributed by atoms with Crippen LogP contribution in [0.4, 0.5) is 0 Å². The first kappa shape index (κ1) is 15.6. The van der Waals surface area contributed by atoms with E-state index >= 15 is 0 Å². The molecule has 4 aliphatic carbocycles. The van der Waals surface area contributed by atoms with E-state index in [0.717, 1.165) is 24.2 Å². The Morgan fingerprint density at radius 1 is 1.19 bits per heavy atom. The van der Waals surface area contributed by atoms with E-state index in [-0.39, 0.29) is 10.8 Å². The highest BCUT2D eigenvalue weighted by molar-refractivity contribution is 7.90. The molecule has 118 valence electrons. The molecule has 4 bridgehead atoms. The zero-order valence-corrected chi connectivity index (χ0v) is 14.3. The van der Waals surface area contributed by atoms with Crippen molar-refractivity contribution in [1.82, 2.24) is 4.72 Å². The van der Waals surface area contributed by atoms with E-state index in [2.05, 4.69) is 10.8 Å². The standard InChI is InChI=1S/C17H28N2OS/c1-16(2,3)21(20)19-15(11-18)10-17-7-12-4-13(8-17)6-14(5-12)9-17/h12-15,19H,4-10H2,1-3H3. The summed E-state index contributed by atoms with van der Waals surface area (Å²) in [5.74, 6) is 2.72. The fourth-order valence-corrected chi connectivity index (χ4v) is 6.14. The normalized spacial score (nSPS) is 40.8. The molecule has 0 aromatic carbocycles. The van der Waals surface area contributed by atoms with Crippen molar-refractivity contribution in [2.75, 3.05) is 0 Å². The van der Waals surface area contributed by atoms with Gasteiger partial charge in [-0.3, -0.25) is 0 Å². The summed E-state index contributed by atoms with van der Waals surface area (Å²) in [6, 6.07) is 2.11. The second-order valence-electron chi connectivity index (χ2n) is 8.80. The Hall–Kier alpha value is -0.240. The van der Waals surface area contributed by atoms with Crippen LogP contribution in [-0.2, 0) is 11.4 Å². The van der Waals surface area contributed by atoms with Crippen molar-refractivity contribution in [3.8, 4) is 6.07 Å². The van der Waals surface area contributed by atoms with Crippen LogP contribution in [0.2, 0.25) is 0 Å². The van der Waals surface area contributed by atoms with Crippen LogP contribution in [0.25, 0.3) is 0 Å². The van der Waals surface area contributed by atoms with Gasteiger partial charge in [0.2, 0.25) is 0 Å². The van der Waals surface area contributed by atoms with Gasteiger partial charge in [0.15, 0.2) is 0 Å². The summed E-state index contributed by atoms with van der Waals surface area (Å²) in [5.41, 5.74) is 0.365. The molecule has 4 saturated carbocycles. The third-order valence-electron chi connectivity index (χ3n) is 5.76. The topological polar surface area (TPSA) is 58.9 Å². The smallest absolute Gasteiger partial charge is 0.139 e. The first-order valence-corrected chi connectivity index (χ1v) is 9.52. The molecule has 21 heavy (non-hydrogen) atoms. The van der Waals surface area contributed by atoms with Crippen LogP contribution in [0.15, 0.2) is 0 Å². The van der Waals surface area contributed by atoms with Gasteiger partial charge in [-0.2, -0.15) is 5.26 Å². The van der Waals surface area contributed by atoms with Gasteiger partial charge < -0.3 is 4.55 Å². The quantitative estimate of drug-likeness (QED) is 0.808. The Balaban J connectivity index is 1.66. The maximum absolute atomic E-state index is 12.3. The van der Waals surface area contributed by atoms with E-state index in [1.165, 1.54) is 38.5 Å². The van der Waals surface area contributed by atoms with E-state index in [1.54, 1.807) is 0 Å². The summed E-state index contributed by atoms with van der Waals surface area (Å²) in [7, 11) is 0. The lowest BCUT2D eigenvalue weighted by atomic mass is 9.48. The van der Waals surface area contributed by atoms with Gasteiger partial charge in [0.1, 0.15) is 10.8 Å². The largest absolute Gasteiger partial charge is 0.598 e. The number of hydrogen-bond donors (Lipinski definition) is 1. The Labute approximate surface area is 132 Å². The van der Waals surface area contributed by atoms with Crippen molar-refractivity contribution in [3.63, 3.8) is 0 Å². The van der Waals surface area contributed by atoms with E-state index in [1.807, 2.05) is 20.8 Å². The number of nitriles is 1. The molecular formula is C17H28N2OS. The molecule has 4 fully saturated rings.